The maximum Gasteiger partial charge on any atom is 0.241 e. The minimum atomic E-state index is -0.00911. The van der Waals surface area contributed by atoms with Crippen LogP contribution >= 0.6 is 0 Å². The van der Waals surface area contributed by atoms with Crippen LogP contribution in [0.5, 0.6) is 0 Å². The lowest BCUT2D eigenvalue weighted by atomic mass is 10.1. The largest absolute Gasteiger partial charge is 0.322 e. The van der Waals surface area contributed by atoms with E-state index in [0.29, 0.717) is 0 Å². The van der Waals surface area contributed by atoms with Gasteiger partial charge in [-0.15, -0.1) is 0 Å². The summed E-state index contributed by atoms with van der Waals surface area (Å²) < 4.78 is 0. The van der Waals surface area contributed by atoms with Gasteiger partial charge in [-0.2, -0.15) is 0 Å². The topological polar surface area (TPSA) is 32.3 Å². The Hall–Kier alpha value is -1.35. The molecule has 0 radical (unpaired) electrons. The van der Waals surface area contributed by atoms with Crippen LogP contribution in [0.2, 0.25) is 0 Å². The fourth-order valence-electron chi connectivity index (χ4n) is 2.42. The number of amides is 1. The molecule has 3 nitrogen and oxygen atoms in total. The standard InChI is InChI=1S/C14H20N2O/c1-3-8-12-14(17)16(4-2)13(15-12)11-9-6-5-7-10-11/h5-7,9-10,12-13,15H,3-4,8H2,1-2H3. The molecule has 92 valence electrons. The predicted octanol–water partition coefficient (Wildman–Crippen LogP) is 2.31. The molecule has 0 bridgehead atoms. The van der Waals surface area contributed by atoms with Gasteiger partial charge < -0.3 is 4.90 Å². The van der Waals surface area contributed by atoms with E-state index in [4.69, 9.17) is 0 Å². The average Bonchev–Trinajstić information content (AvgIpc) is 2.68. The number of hydrogen-bond donors (Lipinski definition) is 1. The molecule has 0 spiro atoms. The molecular weight excluding hydrogens is 212 g/mol. The highest BCUT2D eigenvalue weighted by molar-refractivity contribution is 5.84. The van der Waals surface area contributed by atoms with Crippen LogP contribution in [-0.4, -0.2) is 23.4 Å². The van der Waals surface area contributed by atoms with Crippen molar-refractivity contribution in [3.05, 3.63) is 35.9 Å². The van der Waals surface area contributed by atoms with Gasteiger partial charge in [0.2, 0.25) is 5.91 Å². The van der Waals surface area contributed by atoms with E-state index in [1.54, 1.807) is 0 Å². The minimum absolute atomic E-state index is 0.00911. The number of benzene rings is 1. The van der Waals surface area contributed by atoms with E-state index < -0.39 is 0 Å². The predicted molar refractivity (Wildman–Crippen MR) is 68.4 cm³/mol. The van der Waals surface area contributed by atoms with Crippen molar-refractivity contribution in [2.24, 2.45) is 0 Å². The Kier molecular flexibility index (Phi) is 3.79. The third kappa shape index (κ3) is 2.34. The summed E-state index contributed by atoms with van der Waals surface area (Å²) in [7, 11) is 0. The molecule has 1 N–H and O–H groups in total. The summed E-state index contributed by atoms with van der Waals surface area (Å²) in [6, 6.07) is 10.2. The van der Waals surface area contributed by atoms with Crippen LogP contribution in [0.4, 0.5) is 0 Å². The number of rotatable bonds is 4. The number of nitrogens with zero attached hydrogens (tertiary/aromatic N) is 1. The van der Waals surface area contributed by atoms with E-state index in [-0.39, 0.29) is 18.1 Å². The first-order chi connectivity index (χ1) is 8.27. The van der Waals surface area contributed by atoms with Crippen LogP contribution in [0.1, 0.15) is 38.4 Å². The Morgan fingerprint density at radius 1 is 1.24 bits per heavy atom. The van der Waals surface area contributed by atoms with Gasteiger partial charge in [-0.25, -0.2) is 0 Å². The second kappa shape index (κ2) is 5.32. The molecule has 1 aliphatic heterocycles. The smallest absolute Gasteiger partial charge is 0.241 e. The maximum atomic E-state index is 12.2. The summed E-state index contributed by atoms with van der Waals surface area (Å²) in [6.07, 6.45) is 1.99. The molecule has 2 rings (SSSR count). The molecule has 17 heavy (non-hydrogen) atoms. The molecule has 2 atom stereocenters. The van der Waals surface area contributed by atoms with E-state index in [0.717, 1.165) is 19.4 Å². The van der Waals surface area contributed by atoms with Gasteiger partial charge in [-0.05, 0) is 18.9 Å². The normalized spacial score (nSPS) is 24.4. The number of nitrogens with one attached hydrogen (secondary N) is 1. The van der Waals surface area contributed by atoms with Gasteiger partial charge in [-0.1, -0.05) is 43.7 Å². The molecule has 1 aliphatic rings. The van der Waals surface area contributed by atoms with Gasteiger partial charge in [0.1, 0.15) is 6.17 Å². The molecule has 1 amide bonds. The lowest BCUT2D eigenvalue weighted by Gasteiger charge is -2.22. The first-order valence-electron chi connectivity index (χ1n) is 6.39. The summed E-state index contributed by atoms with van der Waals surface area (Å²) in [5.74, 6) is 0.239. The zero-order chi connectivity index (χ0) is 12.3. The molecule has 0 saturated carbocycles. The highest BCUT2D eigenvalue weighted by Crippen LogP contribution is 2.26. The summed E-state index contributed by atoms with van der Waals surface area (Å²) in [5.41, 5.74) is 1.17. The summed E-state index contributed by atoms with van der Waals surface area (Å²) in [6.45, 7) is 4.90. The fraction of sp³-hybridized carbons (Fsp3) is 0.500. The number of hydrogen-bond acceptors (Lipinski definition) is 2. The van der Waals surface area contributed by atoms with Crippen LogP contribution in [0.3, 0.4) is 0 Å². The lowest BCUT2D eigenvalue weighted by Crippen LogP contribution is -2.30. The minimum Gasteiger partial charge on any atom is -0.322 e. The van der Waals surface area contributed by atoms with Crippen molar-refractivity contribution < 1.29 is 4.79 Å². The van der Waals surface area contributed by atoms with Gasteiger partial charge in [0.15, 0.2) is 0 Å². The second-order valence-electron chi connectivity index (χ2n) is 4.45. The second-order valence-corrected chi connectivity index (χ2v) is 4.45. The van der Waals surface area contributed by atoms with Crippen molar-refractivity contribution in [3.63, 3.8) is 0 Å². The Morgan fingerprint density at radius 3 is 2.53 bits per heavy atom. The molecular formula is C14H20N2O. The molecule has 1 saturated heterocycles. The highest BCUT2D eigenvalue weighted by atomic mass is 16.2. The molecule has 1 fully saturated rings. The van der Waals surface area contributed by atoms with E-state index in [1.165, 1.54) is 5.56 Å². The average molecular weight is 232 g/mol. The molecule has 1 aromatic carbocycles. The third-order valence-corrected chi connectivity index (χ3v) is 3.29. The highest BCUT2D eigenvalue weighted by Gasteiger charge is 2.37. The Morgan fingerprint density at radius 2 is 1.94 bits per heavy atom. The van der Waals surface area contributed by atoms with Gasteiger partial charge >= 0.3 is 0 Å². The van der Waals surface area contributed by atoms with Crippen molar-refractivity contribution in [1.29, 1.82) is 0 Å². The van der Waals surface area contributed by atoms with E-state index in [9.17, 15) is 4.79 Å². The molecule has 1 aromatic rings. The molecule has 2 unspecified atom stereocenters. The summed E-state index contributed by atoms with van der Waals surface area (Å²) in [4.78, 5) is 14.1. The Bertz CT molecular complexity index is 377. The van der Waals surface area contributed by atoms with Gasteiger partial charge in [0, 0.05) is 6.54 Å². The first-order valence-corrected chi connectivity index (χ1v) is 6.39. The van der Waals surface area contributed by atoms with Crippen molar-refractivity contribution in [2.75, 3.05) is 6.54 Å². The van der Waals surface area contributed by atoms with Crippen LogP contribution in [-0.2, 0) is 4.79 Å². The zero-order valence-corrected chi connectivity index (χ0v) is 10.5. The quantitative estimate of drug-likeness (QED) is 0.864. The van der Waals surface area contributed by atoms with Crippen molar-refractivity contribution in [2.45, 2.75) is 38.9 Å². The lowest BCUT2D eigenvalue weighted by molar-refractivity contribution is -0.130. The van der Waals surface area contributed by atoms with Crippen LogP contribution in [0.25, 0.3) is 0 Å². The van der Waals surface area contributed by atoms with Gasteiger partial charge in [-0.3, -0.25) is 10.1 Å². The summed E-state index contributed by atoms with van der Waals surface area (Å²) in [5, 5.41) is 3.44. The molecule has 0 aliphatic carbocycles. The molecule has 0 aromatic heterocycles. The van der Waals surface area contributed by atoms with Crippen molar-refractivity contribution >= 4 is 5.91 Å². The van der Waals surface area contributed by atoms with E-state index >= 15 is 0 Å². The van der Waals surface area contributed by atoms with Crippen molar-refractivity contribution in [1.82, 2.24) is 10.2 Å². The maximum absolute atomic E-state index is 12.2. The van der Waals surface area contributed by atoms with Crippen molar-refractivity contribution in [3.8, 4) is 0 Å². The monoisotopic (exact) mass is 232 g/mol. The zero-order valence-electron chi connectivity index (χ0n) is 10.5. The number of carbonyl (C=O) groups is 1. The van der Waals surface area contributed by atoms with Crippen LogP contribution in [0.15, 0.2) is 30.3 Å². The molecule has 3 heteroatoms. The van der Waals surface area contributed by atoms with Gasteiger partial charge in [0.25, 0.3) is 0 Å². The number of carbonyl (C=O) groups excluding carboxylic acids is 1. The SMILES string of the molecule is CCCC1NC(c2ccccc2)N(CC)C1=O. The van der Waals surface area contributed by atoms with Gasteiger partial charge in [0.05, 0.1) is 6.04 Å². The van der Waals surface area contributed by atoms with E-state index in [2.05, 4.69) is 24.4 Å². The van der Waals surface area contributed by atoms with Crippen LogP contribution < -0.4 is 5.32 Å². The Balaban J connectivity index is 2.20. The van der Waals surface area contributed by atoms with E-state index in [1.807, 2.05) is 30.0 Å². The number of likely N-dealkylation sites (N-methyl/N-ethyl adjacent to an activating group) is 1. The summed E-state index contributed by atoms with van der Waals surface area (Å²) >= 11 is 0. The first kappa shape index (κ1) is 12.1. The Labute approximate surface area is 103 Å². The third-order valence-electron chi connectivity index (χ3n) is 3.29. The fourth-order valence-corrected chi connectivity index (χ4v) is 2.42. The molecule has 1 heterocycles. The van der Waals surface area contributed by atoms with Crippen LogP contribution in [0, 0.1) is 0 Å².